The van der Waals surface area contributed by atoms with Gasteiger partial charge in [0.2, 0.25) is 0 Å². The lowest BCUT2D eigenvalue weighted by atomic mass is 9.92. The van der Waals surface area contributed by atoms with Gasteiger partial charge in [-0.3, -0.25) is 4.79 Å². The van der Waals surface area contributed by atoms with E-state index in [1.165, 1.54) is 6.42 Å². The lowest BCUT2D eigenvalue weighted by molar-refractivity contribution is -0.117. The van der Waals surface area contributed by atoms with Gasteiger partial charge in [-0.05, 0) is 45.1 Å². The summed E-state index contributed by atoms with van der Waals surface area (Å²) in [4.78, 5) is 14.8. The highest BCUT2D eigenvalue weighted by Gasteiger charge is 2.22. The molecule has 0 aliphatic carbocycles. The van der Waals surface area contributed by atoms with E-state index in [1.807, 2.05) is 39.0 Å². The second-order valence-electron chi connectivity index (χ2n) is 7.72. The van der Waals surface area contributed by atoms with Crippen molar-refractivity contribution in [1.82, 2.24) is 10.2 Å². The molecule has 1 aromatic carbocycles. The second kappa shape index (κ2) is 9.45. The zero-order valence-corrected chi connectivity index (χ0v) is 17.1. The zero-order valence-electron chi connectivity index (χ0n) is 17.1. The number of ether oxygens (including phenoxy) is 1. The smallest absolute Gasteiger partial charge is 0.263 e. The fourth-order valence-corrected chi connectivity index (χ4v) is 3.78. The van der Waals surface area contributed by atoms with Crippen LogP contribution in [0.4, 0.5) is 0 Å². The Hall–Kier alpha value is -2.48. The Balaban J connectivity index is 2.13. The van der Waals surface area contributed by atoms with Crippen LogP contribution in [0.1, 0.15) is 51.3 Å². The number of hydrogen-bond donors (Lipinski definition) is 1. The molecule has 0 saturated carbocycles. The van der Waals surface area contributed by atoms with Gasteiger partial charge in [0, 0.05) is 24.9 Å². The van der Waals surface area contributed by atoms with Crippen molar-refractivity contribution in [1.29, 1.82) is 5.26 Å². The molecular formula is C22H31N3O2. The molecule has 1 N–H and O–H groups in total. The van der Waals surface area contributed by atoms with E-state index in [2.05, 4.69) is 30.1 Å². The number of aryl methyl sites for hydroxylation is 1. The predicted octanol–water partition coefficient (Wildman–Crippen LogP) is 3.96. The number of carbonyl (C=O) groups is 1. The fourth-order valence-electron chi connectivity index (χ4n) is 3.78. The molecule has 1 fully saturated rings. The number of amides is 1. The molecule has 0 spiro atoms. The number of hydrogen-bond acceptors (Lipinski definition) is 4. The van der Waals surface area contributed by atoms with Crippen molar-refractivity contribution in [3.63, 3.8) is 0 Å². The minimum absolute atomic E-state index is 0.147. The van der Waals surface area contributed by atoms with E-state index in [9.17, 15) is 10.1 Å². The average Bonchev–Trinajstić information content (AvgIpc) is 2.60. The Morgan fingerprint density at radius 1 is 1.41 bits per heavy atom. The number of nitrogens with one attached hydrogen (secondary N) is 1. The van der Waals surface area contributed by atoms with Gasteiger partial charge in [0.1, 0.15) is 17.4 Å². The highest BCUT2D eigenvalue weighted by Crippen LogP contribution is 2.27. The molecule has 146 valence electrons. The second-order valence-corrected chi connectivity index (χ2v) is 7.72. The van der Waals surface area contributed by atoms with Crippen molar-refractivity contribution in [2.75, 3.05) is 19.7 Å². The van der Waals surface area contributed by atoms with Crippen molar-refractivity contribution in [3.8, 4) is 11.8 Å². The van der Waals surface area contributed by atoms with Gasteiger partial charge in [-0.15, -0.1) is 0 Å². The van der Waals surface area contributed by atoms with Gasteiger partial charge < -0.3 is 15.0 Å². The molecule has 5 heteroatoms. The van der Waals surface area contributed by atoms with Gasteiger partial charge in [0.15, 0.2) is 0 Å². The van der Waals surface area contributed by atoms with Crippen LogP contribution in [0.15, 0.2) is 30.0 Å². The van der Waals surface area contributed by atoms with Crippen LogP contribution in [-0.2, 0) is 4.79 Å². The first-order chi connectivity index (χ1) is 12.8. The van der Waals surface area contributed by atoms with Crippen molar-refractivity contribution in [2.24, 2.45) is 11.8 Å². The summed E-state index contributed by atoms with van der Waals surface area (Å²) in [6, 6.07) is 7.74. The van der Waals surface area contributed by atoms with Gasteiger partial charge in [-0.1, -0.05) is 31.5 Å². The number of rotatable bonds is 6. The number of nitrogens with zero attached hydrogens (tertiary/aromatic N) is 2. The van der Waals surface area contributed by atoms with E-state index in [0.717, 1.165) is 30.0 Å². The van der Waals surface area contributed by atoms with Crippen molar-refractivity contribution < 1.29 is 9.53 Å². The van der Waals surface area contributed by atoms with Crippen LogP contribution < -0.4 is 10.1 Å². The third-order valence-electron chi connectivity index (χ3n) is 4.85. The number of nitriles is 1. The maximum Gasteiger partial charge on any atom is 0.263 e. The number of benzene rings is 1. The molecule has 5 nitrogen and oxygen atoms in total. The van der Waals surface area contributed by atoms with E-state index in [1.54, 1.807) is 6.20 Å². The minimum Gasteiger partial charge on any atom is -0.494 e. The van der Waals surface area contributed by atoms with Crippen molar-refractivity contribution in [2.45, 2.75) is 47.1 Å². The lowest BCUT2D eigenvalue weighted by Gasteiger charge is -2.34. The molecule has 3 atom stereocenters. The Kier molecular flexibility index (Phi) is 7.29. The van der Waals surface area contributed by atoms with Crippen LogP contribution >= 0.6 is 0 Å². The maximum atomic E-state index is 12.7. The number of likely N-dealkylation sites (tertiary alicyclic amines) is 1. The topological polar surface area (TPSA) is 65.4 Å². The van der Waals surface area contributed by atoms with E-state index < -0.39 is 0 Å². The molecule has 1 heterocycles. The van der Waals surface area contributed by atoms with E-state index in [-0.39, 0.29) is 17.5 Å². The molecule has 1 aromatic rings. The SMILES string of the molecule is CCOc1ccc(C)cc1C(C)NC(=O)/C(C#N)=C\N1CC(C)CC(C)C1. The van der Waals surface area contributed by atoms with Crippen molar-refractivity contribution in [3.05, 3.63) is 41.1 Å². The third-order valence-corrected chi connectivity index (χ3v) is 4.85. The van der Waals surface area contributed by atoms with E-state index in [0.29, 0.717) is 18.4 Å². The van der Waals surface area contributed by atoms with Crippen LogP contribution in [0.2, 0.25) is 0 Å². The van der Waals surface area contributed by atoms with E-state index in [4.69, 9.17) is 4.74 Å². The van der Waals surface area contributed by atoms with Crippen LogP contribution in [0, 0.1) is 30.1 Å². The monoisotopic (exact) mass is 369 g/mol. The van der Waals surface area contributed by atoms with Crippen molar-refractivity contribution >= 4 is 5.91 Å². The lowest BCUT2D eigenvalue weighted by Crippen LogP contribution is -2.36. The third kappa shape index (κ3) is 5.75. The predicted molar refractivity (Wildman–Crippen MR) is 107 cm³/mol. The molecule has 3 unspecified atom stereocenters. The van der Waals surface area contributed by atoms with Gasteiger partial charge in [0.05, 0.1) is 12.6 Å². The summed E-state index contributed by atoms with van der Waals surface area (Å²) < 4.78 is 5.69. The summed E-state index contributed by atoms with van der Waals surface area (Å²) in [5.74, 6) is 1.54. The highest BCUT2D eigenvalue weighted by molar-refractivity contribution is 5.97. The largest absolute Gasteiger partial charge is 0.494 e. The Morgan fingerprint density at radius 3 is 2.67 bits per heavy atom. The number of carbonyl (C=O) groups excluding carboxylic acids is 1. The normalized spacial score (nSPS) is 21.3. The molecule has 2 rings (SSSR count). The minimum atomic E-state index is -0.347. The first-order valence-electron chi connectivity index (χ1n) is 9.74. The first-order valence-corrected chi connectivity index (χ1v) is 9.74. The van der Waals surface area contributed by atoms with Gasteiger partial charge in [0.25, 0.3) is 5.91 Å². The molecule has 1 aliphatic heterocycles. The van der Waals surface area contributed by atoms with Gasteiger partial charge in [-0.25, -0.2) is 0 Å². The van der Waals surface area contributed by atoms with Crippen LogP contribution in [0.25, 0.3) is 0 Å². The summed E-state index contributed by atoms with van der Waals surface area (Å²) >= 11 is 0. The molecular weight excluding hydrogens is 338 g/mol. The maximum absolute atomic E-state index is 12.7. The molecule has 1 saturated heterocycles. The van der Waals surface area contributed by atoms with Gasteiger partial charge >= 0.3 is 0 Å². The molecule has 27 heavy (non-hydrogen) atoms. The van der Waals surface area contributed by atoms with E-state index >= 15 is 0 Å². The number of piperidine rings is 1. The fraction of sp³-hybridized carbons (Fsp3) is 0.545. The summed E-state index contributed by atoms with van der Waals surface area (Å²) in [5.41, 5.74) is 2.17. The highest BCUT2D eigenvalue weighted by atomic mass is 16.5. The Labute approximate surface area is 163 Å². The molecule has 0 radical (unpaired) electrons. The Bertz CT molecular complexity index is 726. The van der Waals surface area contributed by atoms with Crippen LogP contribution in [-0.4, -0.2) is 30.5 Å². The quantitative estimate of drug-likeness (QED) is 0.609. The molecule has 1 aliphatic rings. The summed E-state index contributed by atoms with van der Waals surface area (Å²) in [6.07, 6.45) is 2.90. The molecule has 0 aromatic heterocycles. The molecule has 0 bridgehead atoms. The van der Waals surface area contributed by atoms with Gasteiger partial charge in [-0.2, -0.15) is 5.26 Å². The summed E-state index contributed by atoms with van der Waals surface area (Å²) in [5, 5.41) is 12.4. The van der Waals surface area contributed by atoms with Crippen LogP contribution in [0.5, 0.6) is 5.75 Å². The Morgan fingerprint density at radius 2 is 2.07 bits per heavy atom. The summed E-state index contributed by atoms with van der Waals surface area (Å²) in [7, 11) is 0. The molecule has 1 amide bonds. The summed E-state index contributed by atoms with van der Waals surface area (Å²) in [6.45, 7) is 12.6. The van der Waals surface area contributed by atoms with Crippen LogP contribution in [0.3, 0.4) is 0 Å². The standard InChI is InChI=1S/C22H31N3O2/c1-6-27-21-8-7-15(2)10-20(21)18(5)24-22(26)19(11-23)14-25-12-16(3)9-17(4)13-25/h7-8,10,14,16-18H,6,9,12-13H2,1-5H3,(H,24,26)/b19-14-. The average molecular weight is 370 g/mol. The first kappa shape index (κ1) is 20.8. The zero-order chi connectivity index (χ0) is 20.0.